The summed E-state index contributed by atoms with van der Waals surface area (Å²) in [5, 5.41) is 0. The maximum absolute atomic E-state index is 13.5. The summed E-state index contributed by atoms with van der Waals surface area (Å²) in [6.45, 7) is -0.130. The number of aliphatic imine (C=N–C) groups is 1. The van der Waals surface area contributed by atoms with Crippen molar-refractivity contribution in [3.63, 3.8) is 0 Å². The summed E-state index contributed by atoms with van der Waals surface area (Å²) < 4.78 is 18.6. The number of ether oxygens (including phenoxy) is 1. The molecule has 1 aromatic carbocycles. The summed E-state index contributed by atoms with van der Waals surface area (Å²) in [5.74, 6) is 1.24. The lowest BCUT2D eigenvalue weighted by molar-refractivity contribution is -0.123. The first-order valence-corrected chi connectivity index (χ1v) is 5.17. The van der Waals surface area contributed by atoms with Crippen LogP contribution in [0.5, 0.6) is 5.75 Å². The second-order valence-corrected chi connectivity index (χ2v) is 3.76. The average molecular weight is 245 g/mol. The molecule has 2 rings (SSSR count). The minimum atomic E-state index is -0.703. The Hall–Kier alpha value is -2.44. The van der Waals surface area contributed by atoms with Gasteiger partial charge in [0.25, 0.3) is 0 Å². The van der Waals surface area contributed by atoms with E-state index < -0.39 is 11.7 Å². The molecule has 0 fully saturated rings. The van der Waals surface area contributed by atoms with Gasteiger partial charge in [-0.25, -0.2) is 9.18 Å². The number of carbonyl (C=O) groups is 1. The van der Waals surface area contributed by atoms with E-state index in [1.54, 1.807) is 0 Å². The van der Waals surface area contributed by atoms with E-state index in [1.807, 2.05) is 0 Å². The fourth-order valence-corrected chi connectivity index (χ4v) is 1.86. The number of nitrogens with zero attached hydrogens (tertiary/aromatic N) is 1. The lowest BCUT2D eigenvalue weighted by atomic mass is 9.89. The Kier molecular flexibility index (Phi) is 3.22. The summed E-state index contributed by atoms with van der Waals surface area (Å²) in [6.07, 6.45) is 6.66. The molecule has 0 spiro atoms. The normalized spacial score (nSPS) is 17.1. The SMILES string of the molecule is C#CCC1C(=O)COc2cc(F)c(N=C=O)cc21. The largest absolute Gasteiger partial charge is 0.485 e. The molecule has 0 saturated heterocycles. The minimum absolute atomic E-state index is 0.130. The summed E-state index contributed by atoms with van der Waals surface area (Å²) in [7, 11) is 0. The molecule has 1 aromatic rings. The van der Waals surface area contributed by atoms with E-state index >= 15 is 0 Å². The van der Waals surface area contributed by atoms with Crippen molar-refractivity contribution in [2.45, 2.75) is 12.3 Å². The lowest BCUT2D eigenvalue weighted by Crippen LogP contribution is -2.25. The van der Waals surface area contributed by atoms with E-state index in [0.29, 0.717) is 5.56 Å². The highest BCUT2D eigenvalue weighted by molar-refractivity contribution is 5.90. The number of ketones is 1. The van der Waals surface area contributed by atoms with Crippen LogP contribution in [0.2, 0.25) is 0 Å². The van der Waals surface area contributed by atoms with E-state index in [0.717, 1.165) is 6.07 Å². The number of halogens is 1. The Bertz CT molecular complexity index is 597. The van der Waals surface area contributed by atoms with Crippen LogP contribution in [0.3, 0.4) is 0 Å². The molecular weight excluding hydrogens is 237 g/mol. The van der Waals surface area contributed by atoms with Gasteiger partial charge in [-0.05, 0) is 6.07 Å². The van der Waals surface area contributed by atoms with Gasteiger partial charge in [0.15, 0.2) is 11.6 Å². The maximum Gasteiger partial charge on any atom is 0.240 e. The molecule has 1 unspecified atom stereocenters. The van der Waals surface area contributed by atoms with E-state index in [2.05, 4.69) is 10.9 Å². The Balaban J connectivity index is 2.56. The molecule has 0 amide bonds. The molecule has 18 heavy (non-hydrogen) atoms. The standard InChI is InChI=1S/C13H8FNO3/c1-2-3-8-9-4-11(15-7-16)10(14)5-13(9)18-6-12(8)17/h1,4-5,8H,3,6H2. The highest BCUT2D eigenvalue weighted by Crippen LogP contribution is 2.37. The van der Waals surface area contributed by atoms with E-state index in [1.165, 1.54) is 12.1 Å². The van der Waals surface area contributed by atoms with Gasteiger partial charge in [-0.1, -0.05) is 0 Å². The van der Waals surface area contributed by atoms with Crippen LogP contribution in [0.1, 0.15) is 17.9 Å². The fraction of sp³-hybridized carbons (Fsp3) is 0.231. The number of terminal acetylenes is 1. The van der Waals surface area contributed by atoms with Crippen LogP contribution in [-0.2, 0) is 9.59 Å². The number of isocyanates is 1. The first kappa shape index (κ1) is 12.0. The zero-order valence-electron chi connectivity index (χ0n) is 9.27. The predicted molar refractivity (Wildman–Crippen MR) is 60.9 cm³/mol. The van der Waals surface area contributed by atoms with Gasteiger partial charge in [-0.15, -0.1) is 12.3 Å². The zero-order chi connectivity index (χ0) is 13.1. The van der Waals surface area contributed by atoms with Crippen molar-refractivity contribution in [1.29, 1.82) is 0 Å². The van der Waals surface area contributed by atoms with Crippen LogP contribution >= 0.6 is 0 Å². The van der Waals surface area contributed by atoms with Crippen LogP contribution in [0.25, 0.3) is 0 Å². The van der Waals surface area contributed by atoms with Crippen molar-refractivity contribution in [2.75, 3.05) is 6.61 Å². The highest BCUT2D eigenvalue weighted by Gasteiger charge is 2.29. The van der Waals surface area contributed by atoms with Crippen LogP contribution in [-0.4, -0.2) is 18.5 Å². The molecule has 0 saturated carbocycles. The number of hydrogen-bond acceptors (Lipinski definition) is 4. The van der Waals surface area contributed by atoms with E-state index in [4.69, 9.17) is 11.2 Å². The molecule has 5 heteroatoms. The first-order chi connectivity index (χ1) is 8.67. The quantitative estimate of drug-likeness (QED) is 0.454. The Morgan fingerprint density at radius 2 is 2.33 bits per heavy atom. The molecule has 0 aromatic heterocycles. The van der Waals surface area contributed by atoms with E-state index in [-0.39, 0.29) is 30.2 Å². The van der Waals surface area contributed by atoms with Gasteiger partial charge < -0.3 is 4.74 Å². The molecule has 4 nitrogen and oxygen atoms in total. The fourth-order valence-electron chi connectivity index (χ4n) is 1.86. The maximum atomic E-state index is 13.5. The summed E-state index contributed by atoms with van der Waals surface area (Å²) >= 11 is 0. The molecule has 1 atom stereocenters. The number of rotatable bonds is 2. The average Bonchev–Trinajstić information content (AvgIpc) is 2.35. The number of carbonyl (C=O) groups excluding carboxylic acids is 2. The second-order valence-electron chi connectivity index (χ2n) is 3.76. The predicted octanol–water partition coefficient (Wildman–Crippen LogP) is 1.86. The summed E-state index contributed by atoms with van der Waals surface area (Å²) in [5.41, 5.74) is 0.281. The number of fused-ring (bicyclic) bond motifs is 1. The van der Waals surface area contributed by atoms with Crippen molar-refractivity contribution in [1.82, 2.24) is 0 Å². The Labute approximate surface area is 102 Å². The van der Waals surface area contributed by atoms with Gasteiger partial charge in [0.2, 0.25) is 6.08 Å². The van der Waals surface area contributed by atoms with Crippen LogP contribution in [0, 0.1) is 18.2 Å². The number of hydrogen-bond donors (Lipinski definition) is 0. The van der Waals surface area contributed by atoms with Crippen LogP contribution in [0.15, 0.2) is 17.1 Å². The van der Waals surface area contributed by atoms with Gasteiger partial charge in [0, 0.05) is 18.1 Å². The number of benzene rings is 1. The molecule has 90 valence electrons. The monoisotopic (exact) mass is 245 g/mol. The van der Waals surface area contributed by atoms with Crippen molar-refractivity contribution >= 4 is 17.6 Å². The zero-order valence-corrected chi connectivity index (χ0v) is 9.27. The third-order valence-corrected chi connectivity index (χ3v) is 2.70. The lowest BCUT2D eigenvalue weighted by Gasteiger charge is -2.23. The Morgan fingerprint density at radius 3 is 3.00 bits per heavy atom. The topological polar surface area (TPSA) is 55.7 Å². The summed E-state index contributed by atoms with van der Waals surface area (Å²) in [4.78, 5) is 25.1. The summed E-state index contributed by atoms with van der Waals surface area (Å²) in [6, 6.07) is 2.40. The smallest absolute Gasteiger partial charge is 0.240 e. The third-order valence-electron chi connectivity index (χ3n) is 2.70. The molecular formula is C13H8FNO3. The molecule has 0 bridgehead atoms. The molecule has 0 aliphatic carbocycles. The van der Waals surface area contributed by atoms with Gasteiger partial charge >= 0.3 is 0 Å². The highest BCUT2D eigenvalue weighted by atomic mass is 19.1. The van der Waals surface area contributed by atoms with E-state index in [9.17, 15) is 14.0 Å². The first-order valence-electron chi connectivity index (χ1n) is 5.17. The van der Waals surface area contributed by atoms with Crippen molar-refractivity contribution in [3.05, 3.63) is 23.5 Å². The Morgan fingerprint density at radius 1 is 1.56 bits per heavy atom. The number of Topliss-reactive ketones (excluding diaryl/α,β-unsaturated/α-hetero) is 1. The molecule has 1 aliphatic rings. The minimum Gasteiger partial charge on any atom is -0.485 e. The van der Waals surface area contributed by atoms with Crippen LogP contribution < -0.4 is 4.74 Å². The van der Waals surface area contributed by atoms with Crippen molar-refractivity contribution < 1.29 is 18.7 Å². The molecule has 0 radical (unpaired) electrons. The van der Waals surface area contributed by atoms with Crippen molar-refractivity contribution in [3.8, 4) is 18.1 Å². The van der Waals surface area contributed by atoms with Crippen LogP contribution in [0.4, 0.5) is 10.1 Å². The van der Waals surface area contributed by atoms with Crippen molar-refractivity contribution in [2.24, 2.45) is 4.99 Å². The van der Waals surface area contributed by atoms with Gasteiger partial charge in [-0.3, -0.25) is 4.79 Å². The van der Waals surface area contributed by atoms with Gasteiger partial charge in [-0.2, -0.15) is 4.99 Å². The van der Waals surface area contributed by atoms with Gasteiger partial charge in [0.1, 0.15) is 18.0 Å². The molecule has 1 aliphatic heterocycles. The third kappa shape index (κ3) is 2.02. The molecule has 0 N–H and O–H groups in total. The molecule has 1 heterocycles. The van der Waals surface area contributed by atoms with Gasteiger partial charge in [0.05, 0.1) is 5.92 Å². The second kappa shape index (κ2) is 4.82.